The third kappa shape index (κ3) is 10.4. The molecule has 6 aromatic rings. The van der Waals surface area contributed by atoms with Crippen LogP contribution in [-0.4, -0.2) is 38.7 Å². The second-order valence-electron chi connectivity index (χ2n) is 20.7. The number of hydrogen-bond donors (Lipinski definition) is 1. The molecule has 10 rings (SSSR count). The molecule has 0 spiro atoms. The van der Waals surface area contributed by atoms with Gasteiger partial charge in [0, 0.05) is 40.5 Å². The Labute approximate surface area is 432 Å². The molecule has 10 nitrogen and oxygen atoms in total. The van der Waals surface area contributed by atoms with Crippen LogP contribution in [0.15, 0.2) is 107 Å². The maximum Gasteiger partial charge on any atom is 2.00 e. The Morgan fingerprint density at radius 1 is 0.620 bits per heavy atom. The van der Waals surface area contributed by atoms with Gasteiger partial charge in [-0.05, 0) is 145 Å². The SMILES string of the molecule is CC1=N/C(=C\c2[n-]c(C)c(C(=O)OC3C(C)CC(C)CC3C)c2-c2ccccc2)c2ncccc21.CC1=N/C(=C\c2[n-]c(C)c(C(OO)C3C(C)CC(C)CC3C)c2-c2ccccc2)c2ncccc21.[Zn+2]. The summed E-state index contributed by atoms with van der Waals surface area (Å²) in [4.78, 5) is 47.6. The summed E-state index contributed by atoms with van der Waals surface area (Å²) in [5.74, 6) is 2.79. The van der Waals surface area contributed by atoms with Crippen molar-refractivity contribution in [1.29, 1.82) is 0 Å². The van der Waals surface area contributed by atoms with Crippen LogP contribution in [0, 0.1) is 55.3 Å². The Hall–Kier alpha value is -5.87. The molecule has 2 aromatic carbocycles. The molecule has 1 N–H and O–H groups in total. The first-order chi connectivity index (χ1) is 33.7. The smallest absolute Gasteiger partial charge is 0.661 e. The van der Waals surface area contributed by atoms with Crippen LogP contribution >= 0.6 is 0 Å². The van der Waals surface area contributed by atoms with Crippen LogP contribution in [0.1, 0.15) is 148 Å². The van der Waals surface area contributed by atoms with E-state index in [1.165, 1.54) is 0 Å². The van der Waals surface area contributed by atoms with Crippen LogP contribution in [0.2, 0.25) is 0 Å². The first kappa shape index (κ1) is 51.5. The van der Waals surface area contributed by atoms with E-state index in [-0.39, 0.29) is 37.5 Å². The quantitative estimate of drug-likeness (QED) is 0.0655. The van der Waals surface area contributed by atoms with Crippen LogP contribution in [0.4, 0.5) is 0 Å². The van der Waals surface area contributed by atoms with E-state index in [0.717, 1.165) is 110 Å². The molecule has 0 amide bonds. The van der Waals surface area contributed by atoms with Crippen LogP contribution in [0.5, 0.6) is 0 Å². The Morgan fingerprint density at radius 2 is 1.07 bits per heavy atom. The van der Waals surface area contributed by atoms with Gasteiger partial charge in [-0.15, -0.1) is 17.1 Å². The van der Waals surface area contributed by atoms with E-state index in [9.17, 15) is 10.1 Å². The number of rotatable bonds is 9. The summed E-state index contributed by atoms with van der Waals surface area (Å²) in [5.41, 5.74) is 15.7. The molecule has 4 aromatic heterocycles. The molecular formula is C60H66N6O4Zn. The fourth-order valence-corrected chi connectivity index (χ4v) is 12.4. The molecule has 0 bridgehead atoms. The summed E-state index contributed by atoms with van der Waals surface area (Å²) in [6, 6.07) is 28.2. The summed E-state index contributed by atoms with van der Waals surface area (Å²) in [6.07, 6.45) is 11.5. The van der Waals surface area contributed by atoms with Crippen molar-refractivity contribution in [1.82, 2.24) is 19.9 Å². The van der Waals surface area contributed by atoms with Gasteiger partial charge in [0.1, 0.15) is 12.2 Å². The van der Waals surface area contributed by atoms with Crippen LogP contribution < -0.4 is 9.97 Å². The van der Waals surface area contributed by atoms with Gasteiger partial charge >= 0.3 is 25.4 Å². The maximum atomic E-state index is 13.7. The van der Waals surface area contributed by atoms with E-state index in [1.807, 2.05) is 107 Å². The minimum absolute atomic E-state index is 0. The number of aliphatic imine (C=N–C) groups is 2. The molecule has 2 aliphatic carbocycles. The van der Waals surface area contributed by atoms with E-state index >= 15 is 0 Å². The van der Waals surface area contributed by atoms with Gasteiger partial charge in [-0.3, -0.25) is 25.2 Å². The summed E-state index contributed by atoms with van der Waals surface area (Å²) in [7, 11) is 0. The fraction of sp³-hybridized carbons (Fsp3) is 0.383. The van der Waals surface area contributed by atoms with Gasteiger partial charge in [-0.1, -0.05) is 116 Å². The van der Waals surface area contributed by atoms with Crippen molar-refractivity contribution >= 4 is 40.9 Å². The molecular weight excluding hydrogens is 934 g/mol. The maximum absolute atomic E-state index is 13.7. The molecule has 5 atom stereocenters. The second kappa shape index (κ2) is 21.9. The van der Waals surface area contributed by atoms with Gasteiger partial charge in [-0.2, -0.15) is 5.69 Å². The van der Waals surface area contributed by atoms with Crippen molar-refractivity contribution in [3.63, 3.8) is 0 Å². The van der Waals surface area contributed by atoms with Crippen molar-refractivity contribution < 1.29 is 39.2 Å². The molecule has 2 aliphatic heterocycles. The number of carbonyl (C=O) groups excluding carboxylic acids is 1. The topological polar surface area (TPSA) is 134 Å². The fourth-order valence-electron chi connectivity index (χ4n) is 12.4. The Kier molecular flexibility index (Phi) is 15.9. The third-order valence-electron chi connectivity index (χ3n) is 15.2. The number of nitrogens with zero attached hydrogens (tertiary/aromatic N) is 6. The number of aromatic nitrogens is 4. The zero-order valence-corrected chi connectivity index (χ0v) is 45.9. The first-order valence-electron chi connectivity index (χ1n) is 25.1. The molecule has 6 heterocycles. The molecule has 5 unspecified atom stereocenters. The Bertz CT molecular complexity index is 2980. The van der Waals surface area contributed by atoms with Crippen molar-refractivity contribution in [3.8, 4) is 22.3 Å². The van der Waals surface area contributed by atoms with E-state index in [2.05, 4.69) is 69.7 Å². The van der Waals surface area contributed by atoms with E-state index in [4.69, 9.17) is 29.6 Å². The van der Waals surface area contributed by atoms with Gasteiger partial charge < -0.3 is 14.7 Å². The van der Waals surface area contributed by atoms with Gasteiger partial charge in [0.05, 0.1) is 22.8 Å². The van der Waals surface area contributed by atoms with Gasteiger partial charge in [0.2, 0.25) is 0 Å². The minimum atomic E-state index is -0.443. The molecule has 0 saturated heterocycles. The molecule has 362 valence electrons. The summed E-state index contributed by atoms with van der Waals surface area (Å²) in [5, 5.41) is 10.3. The molecule has 71 heavy (non-hydrogen) atoms. The number of esters is 1. The zero-order chi connectivity index (χ0) is 49.4. The Balaban J connectivity index is 0.000000188. The summed E-state index contributed by atoms with van der Waals surface area (Å²) < 4.78 is 6.21. The van der Waals surface area contributed by atoms with Crippen molar-refractivity contribution in [2.24, 2.45) is 51.4 Å². The molecule has 2 fully saturated rings. The number of pyridine rings is 2. The molecule has 11 heteroatoms. The molecule has 2 saturated carbocycles. The van der Waals surface area contributed by atoms with Crippen LogP contribution in [0.25, 0.3) is 45.8 Å². The number of aryl methyl sites for hydroxylation is 2. The Morgan fingerprint density at radius 3 is 1.56 bits per heavy atom. The van der Waals surface area contributed by atoms with E-state index in [0.29, 0.717) is 52.5 Å². The second-order valence-corrected chi connectivity index (χ2v) is 20.7. The monoisotopic (exact) mass is 998 g/mol. The summed E-state index contributed by atoms with van der Waals surface area (Å²) in [6.45, 7) is 21.5. The standard InChI is InChI=1S/C30H33N3O2.C30H34N3O2.Zn/c1-17-14-18(2)29(19(3)15-17)35-30(34)26-21(5)33-24(27(26)22-10-7-6-8-11-22)16-25-28-23(20(4)32-25)12-9-13-31-28;1-17-14-18(2)26(19(3)15-17)30(35-34)27-21(5)33-24(28(27)22-10-7-6-8-11-22)16-25-29-23(20(4)32-25)12-9-13-31-29;/h6-13,16-19,29H,14-15H2,1-5H3,(H,31,32,33,34);6-13,16-19,26,30,34H,14-15H2,1-5H3;/q;-1;+2/p-1/b;25-16-;. The largest absolute Gasteiger partial charge is 2.00 e. The van der Waals surface area contributed by atoms with Crippen LogP contribution in [-0.2, 0) is 29.1 Å². The van der Waals surface area contributed by atoms with Crippen molar-refractivity contribution in [2.75, 3.05) is 0 Å². The summed E-state index contributed by atoms with van der Waals surface area (Å²) >= 11 is 0. The minimum Gasteiger partial charge on any atom is -0.661 e. The number of fused-ring (bicyclic) bond motifs is 2. The van der Waals surface area contributed by atoms with Crippen molar-refractivity contribution in [2.45, 2.75) is 107 Å². The predicted molar refractivity (Wildman–Crippen MR) is 281 cm³/mol. The zero-order valence-electron chi connectivity index (χ0n) is 43.0. The average molecular weight is 1000 g/mol. The third-order valence-corrected chi connectivity index (χ3v) is 15.2. The molecule has 4 aliphatic rings. The number of ether oxygens (including phenoxy) is 1. The number of hydrogen-bond acceptors (Lipinski definition) is 8. The first-order valence-corrected chi connectivity index (χ1v) is 25.1. The van der Waals surface area contributed by atoms with Gasteiger partial charge in [0.15, 0.2) is 0 Å². The molecule has 0 radical (unpaired) electrons. The normalized spacial score (nSPS) is 25.1. The van der Waals surface area contributed by atoms with Crippen LogP contribution in [0.3, 0.4) is 0 Å². The predicted octanol–water partition coefficient (Wildman–Crippen LogP) is 13.7. The number of benzene rings is 2. The van der Waals surface area contributed by atoms with E-state index in [1.54, 1.807) is 12.4 Å². The van der Waals surface area contributed by atoms with E-state index < -0.39 is 6.10 Å². The van der Waals surface area contributed by atoms with Gasteiger partial charge in [-0.25, -0.2) is 9.68 Å². The number of carbonyl (C=O) groups is 1. The van der Waals surface area contributed by atoms with Crippen molar-refractivity contribution in [3.05, 3.63) is 154 Å². The van der Waals surface area contributed by atoms with Gasteiger partial charge in [0.25, 0.3) is 0 Å². The average Bonchev–Trinajstić information content (AvgIpc) is 4.05.